The van der Waals surface area contributed by atoms with Crippen molar-refractivity contribution in [1.82, 2.24) is 15.0 Å². The van der Waals surface area contributed by atoms with E-state index in [0.29, 0.717) is 0 Å². The number of aromatic nitrogens is 3. The molecule has 0 aliphatic carbocycles. The van der Waals surface area contributed by atoms with Crippen molar-refractivity contribution in [1.29, 1.82) is 0 Å². The predicted octanol–water partition coefficient (Wildman–Crippen LogP) is -2.95. The first-order valence-corrected chi connectivity index (χ1v) is 5.63. The van der Waals surface area contributed by atoms with Gasteiger partial charge < -0.3 is 0 Å². The normalized spacial score (nSPS) is 11.4. The Morgan fingerprint density at radius 1 is 0.630 bits per heavy atom. The molecule has 27 heavy (non-hydrogen) atoms. The van der Waals surface area contributed by atoms with Gasteiger partial charge in [0.1, 0.15) is 0 Å². The van der Waals surface area contributed by atoms with Gasteiger partial charge >= 0.3 is 28.9 Å². The Balaban J connectivity index is 4.12. The lowest BCUT2D eigenvalue weighted by Crippen LogP contribution is -2.55. The Bertz CT molecular complexity index is 804. The summed E-state index contributed by atoms with van der Waals surface area (Å²) in [5, 5.41) is 65.5. The summed E-state index contributed by atoms with van der Waals surface area (Å²) >= 11 is 0. The van der Waals surface area contributed by atoms with Crippen LogP contribution in [0.2, 0.25) is 0 Å². The minimum Gasteiger partial charge on any atom is -0.274 e. The summed E-state index contributed by atoms with van der Waals surface area (Å²) in [4.78, 5) is 69.6. The van der Waals surface area contributed by atoms with Crippen molar-refractivity contribution in [2.24, 2.45) is 0 Å². The van der Waals surface area contributed by atoms with Crippen LogP contribution in [0.4, 0.5) is 0 Å². The average molecular weight is 395 g/mol. The molecule has 0 aliphatic heterocycles. The fraction of sp³-hybridized carbons (Fsp3) is 0.400. The van der Waals surface area contributed by atoms with Crippen molar-refractivity contribution in [2.45, 2.75) is 11.6 Å². The molecule has 0 fully saturated rings. The van der Waals surface area contributed by atoms with E-state index < -0.39 is 58.5 Å². The molecule has 1 heterocycles. The molecule has 0 spiro atoms. The summed E-state index contributed by atoms with van der Waals surface area (Å²) < 4.78 is 0. The van der Waals surface area contributed by atoms with Crippen LogP contribution in [0.1, 0.15) is 11.6 Å². The molecule has 0 bridgehead atoms. The van der Waals surface area contributed by atoms with Crippen LogP contribution in [-0.4, -0.2) is 44.5 Å². The van der Waals surface area contributed by atoms with Gasteiger partial charge in [-0.25, -0.2) is 4.79 Å². The minimum atomic E-state index is -4.74. The summed E-state index contributed by atoms with van der Waals surface area (Å²) in [7, 11) is 0. The highest BCUT2D eigenvalue weighted by Crippen LogP contribution is 2.27. The number of aromatic amines is 1. The van der Waals surface area contributed by atoms with Gasteiger partial charge in [-0.1, -0.05) is 0 Å². The number of rotatable bonds is 8. The molecular weight excluding hydrogens is 394 g/mol. The third-order valence-electron chi connectivity index (χ3n) is 2.80. The molecule has 1 rings (SSSR count). The van der Waals surface area contributed by atoms with E-state index in [1.807, 2.05) is 0 Å². The van der Waals surface area contributed by atoms with Crippen molar-refractivity contribution in [3.8, 4) is 0 Å². The standard InChI is InChI=1S/C5HN9O13/c15-3-7-1(4(9(16)17,10(18)19)11(20)21)6-2(8-3)5(12(22)23,13(24)25)14(26)27/h(H,6,7,8,15). The zero-order valence-corrected chi connectivity index (χ0v) is 11.9. The Labute approximate surface area is 140 Å². The van der Waals surface area contributed by atoms with Crippen LogP contribution in [0, 0.1) is 60.7 Å². The molecule has 0 aromatic carbocycles. The molecule has 22 nitrogen and oxygen atoms in total. The first kappa shape index (κ1) is 20.3. The van der Waals surface area contributed by atoms with E-state index in [2.05, 4.69) is 9.97 Å². The second-order valence-electron chi connectivity index (χ2n) is 4.14. The van der Waals surface area contributed by atoms with Crippen LogP contribution in [0.15, 0.2) is 4.79 Å². The Morgan fingerprint density at radius 2 is 0.963 bits per heavy atom. The largest absolute Gasteiger partial charge is 0.763 e. The van der Waals surface area contributed by atoms with Crippen LogP contribution in [0.5, 0.6) is 0 Å². The summed E-state index contributed by atoms with van der Waals surface area (Å²) in [6.45, 7) is 0. The van der Waals surface area contributed by atoms with E-state index >= 15 is 0 Å². The first-order valence-electron chi connectivity index (χ1n) is 5.63. The molecule has 0 radical (unpaired) electrons. The Hall–Kier alpha value is -4.79. The zero-order valence-electron chi connectivity index (χ0n) is 11.9. The summed E-state index contributed by atoms with van der Waals surface area (Å²) in [6, 6.07) is 0. The maximum atomic E-state index is 11.4. The smallest absolute Gasteiger partial charge is 0.274 e. The number of hydrogen-bond donors (Lipinski definition) is 1. The van der Waals surface area contributed by atoms with Crippen LogP contribution in [0.3, 0.4) is 0 Å². The monoisotopic (exact) mass is 395 g/mol. The quantitative estimate of drug-likeness (QED) is 0.261. The number of nitrogens with zero attached hydrogens (tertiary/aromatic N) is 8. The van der Waals surface area contributed by atoms with E-state index in [0.717, 1.165) is 4.98 Å². The molecule has 0 unspecified atom stereocenters. The maximum Gasteiger partial charge on any atom is 0.763 e. The van der Waals surface area contributed by atoms with Crippen LogP contribution >= 0.6 is 0 Å². The SMILES string of the molecule is O=c1nc(C([N+](=O)[O-])([N+](=O)[O-])[N+](=O)[O-])nc(C([N+](=O)[O-])([N+](=O)[O-])[N+](=O)[O-])[nH]1. The second kappa shape index (κ2) is 6.26. The molecule has 1 aromatic rings. The molecule has 1 N–H and O–H groups in total. The lowest BCUT2D eigenvalue weighted by Gasteiger charge is -2.09. The van der Waals surface area contributed by atoms with Crippen molar-refractivity contribution in [2.75, 3.05) is 0 Å². The van der Waals surface area contributed by atoms with Gasteiger partial charge in [0.25, 0.3) is 0 Å². The van der Waals surface area contributed by atoms with E-state index in [9.17, 15) is 65.5 Å². The Morgan fingerprint density at radius 3 is 1.26 bits per heavy atom. The molecule has 1 aromatic heterocycles. The summed E-state index contributed by atoms with van der Waals surface area (Å²) in [5.41, 5.74) is -2.10. The van der Waals surface area contributed by atoms with E-state index in [4.69, 9.17) is 0 Å². The molecular formula is C5HN9O13. The number of nitro groups is 6. The van der Waals surface area contributed by atoms with Crippen LogP contribution < -0.4 is 5.69 Å². The highest BCUT2D eigenvalue weighted by Gasteiger charge is 2.79. The van der Waals surface area contributed by atoms with Crippen molar-refractivity contribution >= 4 is 0 Å². The van der Waals surface area contributed by atoms with Gasteiger partial charge in [0, 0.05) is 0 Å². The summed E-state index contributed by atoms with van der Waals surface area (Å²) in [6.07, 6.45) is 0. The predicted molar refractivity (Wildman–Crippen MR) is 68.0 cm³/mol. The molecule has 0 atom stereocenters. The van der Waals surface area contributed by atoms with E-state index in [-0.39, 0.29) is 0 Å². The van der Waals surface area contributed by atoms with Gasteiger partial charge in [0.15, 0.2) is 29.5 Å². The van der Waals surface area contributed by atoms with Crippen molar-refractivity contribution in [3.63, 3.8) is 0 Å². The summed E-state index contributed by atoms with van der Waals surface area (Å²) in [5.74, 6) is -13.9. The minimum absolute atomic E-state index is 1.05. The third-order valence-corrected chi connectivity index (χ3v) is 2.80. The topological polar surface area (TPSA) is 317 Å². The lowest BCUT2D eigenvalue weighted by atomic mass is 10.3. The fourth-order valence-electron chi connectivity index (χ4n) is 1.60. The molecule has 0 saturated carbocycles. The maximum absolute atomic E-state index is 11.4. The first-order chi connectivity index (χ1) is 12.3. The van der Waals surface area contributed by atoms with Gasteiger partial charge in [-0.15, -0.1) is 0 Å². The highest BCUT2D eigenvalue weighted by molar-refractivity contribution is 4.98. The average Bonchev–Trinajstić information content (AvgIpc) is 2.45. The van der Waals surface area contributed by atoms with Crippen LogP contribution in [0.25, 0.3) is 0 Å². The second-order valence-corrected chi connectivity index (χ2v) is 4.14. The van der Waals surface area contributed by atoms with Crippen LogP contribution in [-0.2, 0) is 11.6 Å². The van der Waals surface area contributed by atoms with Gasteiger partial charge in [-0.2, -0.15) is 9.97 Å². The van der Waals surface area contributed by atoms with E-state index in [1.165, 1.54) is 0 Å². The number of H-pyrrole nitrogens is 1. The number of hydrogen-bond acceptors (Lipinski definition) is 15. The molecule has 0 saturated heterocycles. The molecule has 144 valence electrons. The third kappa shape index (κ3) is 2.57. The van der Waals surface area contributed by atoms with Gasteiger partial charge in [-0.3, -0.25) is 65.7 Å². The van der Waals surface area contributed by atoms with Gasteiger partial charge in [0.05, 0.1) is 0 Å². The Kier molecular flexibility index (Phi) is 4.69. The van der Waals surface area contributed by atoms with Gasteiger partial charge in [-0.05, 0) is 0 Å². The fourth-order valence-corrected chi connectivity index (χ4v) is 1.60. The highest BCUT2D eigenvalue weighted by atomic mass is 16.7. The zero-order chi connectivity index (χ0) is 21.3. The molecule has 0 amide bonds. The van der Waals surface area contributed by atoms with Crippen molar-refractivity contribution in [3.05, 3.63) is 82.8 Å². The molecule has 22 heteroatoms. The van der Waals surface area contributed by atoms with Gasteiger partial charge in [0.2, 0.25) is 0 Å². The van der Waals surface area contributed by atoms with E-state index in [1.54, 1.807) is 0 Å². The molecule has 0 aliphatic rings. The van der Waals surface area contributed by atoms with Crippen molar-refractivity contribution < 1.29 is 29.5 Å². The lowest BCUT2D eigenvalue weighted by molar-refractivity contribution is -0.989. The number of nitrogens with one attached hydrogen (secondary N) is 1.